The van der Waals surface area contributed by atoms with Crippen molar-refractivity contribution in [3.05, 3.63) is 35.4 Å². The van der Waals surface area contributed by atoms with Crippen molar-refractivity contribution in [3.63, 3.8) is 0 Å². The van der Waals surface area contributed by atoms with Crippen molar-refractivity contribution >= 4 is 5.91 Å². The molecule has 1 aliphatic heterocycles. The molecule has 0 aliphatic carbocycles. The van der Waals surface area contributed by atoms with Crippen LogP contribution in [0.3, 0.4) is 0 Å². The zero-order valence-corrected chi connectivity index (χ0v) is 9.92. The molecule has 1 unspecified atom stereocenters. The summed E-state index contributed by atoms with van der Waals surface area (Å²) in [4.78, 5) is 12.0. The van der Waals surface area contributed by atoms with Gasteiger partial charge in [-0.3, -0.25) is 4.79 Å². The molecule has 0 saturated carbocycles. The van der Waals surface area contributed by atoms with Gasteiger partial charge in [0.1, 0.15) is 6.04 Å². The van der Waals surface area contributed by atoms with Gasteiger partial charge in [0, 0.05) is 6.54 Å². The fourth-order valence-corrected chi connectivity index (χ4v) is 2.06. The van der Waals surface area contributed by atoms with E-state index in [-0.39, 0.29) is 11.9 Å². The third-order valence-electron chi connectivity index (χ3n) is 2.90. The highest BCUT2D eigenvalue weighted by atomic mass is 16.2. The molecule has 1 amide bonds. The molecule has 1 aliphatic rings. The Morgan fingerprint density at radius 1 is 1.53 bits per heavy atom. The fraction of sp³-hybridized carbons (Fsp3) is 0.357. The van der Waals surface area contributed by atoms with Crippen LogP contribution in [0.15, 0.2) is 24.3 Å². The molecule has 0 bridgehead atoms. The van der Waals surface area contributed by atoms with E-state index in [4.69, 9.17) is 0 Å². The second-order valence-corrected chi connectivity index (χ2v) is 3.98. The second kappa shape index (κ2) is 5.51. The molecule has 17 heavy (non-hydrogen) atoms. The molecular formula is C14H16N2O. The third kappa shape index (κ3) is 2.66. The van der Waals surface area contributed by atoms with E-state index in [0.717, 1.165) is 18.5 Å². The van der Waals surface area contributed by atoms with Gasteiger partial charge < -0.3 is 10.6 Å². The standard InChI is InChI=1S/C14H16N2O/c1-2-3-9-16-14(17)13-12-7-5-4-6-11(12)8-10-15-13/h4-7,13,15H,8-10H2,1H3,(H,16,17). The molecule has 0 saturated heterocycles. The maximum atomic E-state index is 12.0. The Labute approximate surface area is 102 Å². The lowest BCUT2D eigenvalue weighted by molar-refractivity contribution is -0.123. The lowest BCUT2D eigenvalue weighted by atomic mass is 9.94. The van der Waals surface area contributed by atoms with E-state index in [1.165, 1.54) is 5.56 Å². The van der Waals surface area contributed by atoms with Crippen LogP contribution < -0.4 is 10.6 Å². The van der Waals surface area contributed by atoms with Crippen molar-refractivity contribution in [2.75, 3.05) is 13.1 Å². The van der Waals surface area contributed by atoms with Gasteiger partial charge >= 0.3 is 0 Å². The van der Waals surface area contributed by atoms with E-state index in [0.29, 0.717) is 6.54 Å². The van der Waals surface area contributed by atoms with Crippen molar-refractivity contribution in [2.45, 2.75) is 19.4 Å². The number of hydrogen-bond donors (Lipinski definition) is 2. The summed E-state index contributed by atoms with van der Waals surface area (Å²) in [6.45, 7) is 3.02. The van der Waals surface area contributed by atoms with Crippen molar-refractivity contribution in [1.29, 1.82) is 0 Å². The van der Waals surface area contributed by atoms with E-state index in [1.54, 1.807) is 6.92 Å². The molecule has 88 valence electrons. The van der Waals surface area contributed by atoms with Crippen LogP contribution in [0, 0.1) is 11.8 Å². The maximum Gasteiger partial charge on any atom is 0.242 e. The van der Waals surface area contributed by atoms with Gasteiger partial charge in [-0.25, -0.2) is 0 Å². The van der Waals surface area contributed by atoms with Crippen molar-refractivity contribution < 1.29 is 4.79 Å². The van der Waals surface area contributed by atoms with Crippen LogP contribution in [0.4, 0.5) is 0 Å². The predicted octanol–water partition coefficient (Wildman–Crippen LogP) is 1.01. The molecule has 3 nitrogen and oxygen atoms in total. The normalized spacial score (nSPS) is 17.6. The number of fused-ring (bicyclic) bond motifs is 1. The zero-order valence-electron chi connectivity index (χ0n) is 9.92. The summed E-state index contributed by atoms with van der Waals surface area (Å²) < 4.78 is 0. The van der Waals surface area contributed by atoms with Crippen molar-refractivity contribution in [1.82, 2.24) is 10.6 Å². The first-order chi connectivity index (χ1) is 8.33. The number of carbonyl (C=O) groups excluding carboxylic acids is 1. The fourth-order valence-electron chi connectivity index (χ4n) is 2.06. The number of hydrogen-bond acceptors (Lipinski definition) is 2. The minimum atomic E-state index is -0.237. The summed E-state index contributed by atoms with van der Waals surface area (Å²) >= 11 is 0. The van der Waals surface area contributed by atoms with E-state index in [2.05, 4.69) is 28.5 Å². The summed E-state index contributed by atoms with van der Waals surface area (Å²) in [7, 11) is 0. The van der Waals surface area contributed by atoms with Crippen LogP contribution in [-0.4, -0.2) is 19.0 Å². The molecular weight excluding hydrogens is 212 g/mol. The monoisotopic (exact) mass is 228 g/mol. The average Bonchev–Trinajstić information content (AvgIpc) is 2.38. The molecule has 1 aromatic carbocycles. The molecule has 0 spiro atoms. The Kier molecular flexibility index (Phi) is 3.79. The smallest absolute Gasteiger partial charge is 0.242 e. The highest BCUT2D eigenvalue weighted by Crippen LogP contribution is 2.22. The molecule has 2 rings (SSSR count). The largest absolute Gasteiger partial charge is 0.344 e. The predicted molar refractivity (Wildman–Crippen MR) is 67.3 cm³/mol. The summed E-state index contributed by atoms with van der Waals surface area (Å²) in [5.41, 5.74) is 2.34. The minimum absolute atomic E-state index is 0.0000926. The van der Waals surface area contributed by atoms with Gasteiger partial charge in [0.05, 0.1) is 6.54 Å². The summed E-state index contributed by atoms with van der Waals surface area (Å²) in [5, 5.41) is 6.06. The Balaban J connectivity index is 2.11. The number of carbonyl (C=O) groups is 1. The molecule has 0 aromatic heterocycles. The van der Waals surface area contributed by atoms with Gasteiger partial charge in [-0.2, -0.15) is 0 Å². The van der Waals surface area contributed by atoms with E-state index in [1.807, 2.05) is 18.2 Å². The van der Waals surface area contributed by atoms with Crippen LogP contribution in [0.25, 0.3) is 0 Å². The molecule has 1 atom stereocenters. The molecule has 0 fully saturated rings. The lowest BCUT2D eigenvalue weighted by Gasteiger charge is -2.25. The first-order valence-electron chi connectivity index (χ1n) is 5.81. The van der Waals surface area contributed by atoms with Crippen molar-refractivity contribution in [2.24, 2.45) is 0 Å². The zero-order chi connectivity index (χ0) is 12.1. The first kappa shape index (κ1) is 11.7. The van der Waals surface area contributed by atoms with Crippen molar-refractivity contribution in [3.8, 4) is 11.8 Å². The number of rotatable bonds is 2. The topological polar surface area (TPSA) is 41.1 Å². The van der Waals surface area contributed by atoms with Gasteiger partial charge in [0.15, 0.2) is 0 Å². The SMILES string of the molecule is CC#CCNC(=O)C1NCCc2ccccc21. The Morgan fingerprint density at radius 3 is 3.18 bits per heavy atom. The second-order valence-electron chi connectivity index (χ2n) is 3.98. The summed E-state index contributed by atoms with van der Waals surface area (Å²) in [6, 6.07) is 7.85. The lowest BCUT2D eigenvalue weighted by Crippen LogP contribution is -2.41. The summed E-state index contributed by atoms with van der Waals surface area (Å²) in [5.74, 6) is 5.59. The maximum absolute atomic E-state index is 12.0. The van der Waals surface area contributed by atoms with Gasteiger partial charge in [-0.15, -0.1) is 5.92 Å². The minimum Gasteiger partial charge on any atom is -0.344 e. The van der Waals surface area contributed by atoms with Gasteiger partial charge in [-0.1, -0.05) is 30.2 Å². The molecule has 0 radical (unpaired) electrons. The van der Waals surface area contributed by atoms with Gasteiger partial charge in [0.25, 0.3) is 0 Å². The molecule has 1 aromatic rings. The number of amides is 1. The number of benzene rings is 1. The van der Waals surface area contributed by atoms with E-state index >= 15 is 0 Å². The average molecular weight is 228 g/mol. The van der Waals surface area contributed by atoms with Crippen LogP contribution >= 0.6 is 0 Å². The molecule has 1 heterocycles. The molecule has 2 N–H and O–H groups in total. The quantitative estimate of drug-likeness (QED) is 0.742. The van der Waals surface area contributed by atoms with Gasteiger partial charge in [-0.05, 0) is 24.5 Å². The van der Waals surface area contributed by atoms with Crippen LogP contribution in [0.5, 0.6) is 0 Å². The van der Waals surface area contributed by atoms with Gasteiger partial charge in [0.2, 0.25) is 5.91 Å². The third-order valence-corrected chi connectivity index (χ3v) is 2.90. The van der Waals surface area contributed by atoms with Crippen LogP contribution in [-0.2, 0) is 11.2 Å². The Morgan fingerprint density at radius 2 is 2.35 bits per heavy atom. The van der Waals surface area contributed by atoms with Crippen LogP contribution in [0.2, 0.25) is 0 Å². The molecule has 3 heteroatoms. The van der Waals surface area contributed by atoms with E-state index < -0.39 is 0 Å². The highest BCUT2D eigenvalue weighted by molar-refractivity contribution is 5.84. The highest BCUT2D eigenvalue weighted by Gasteiger charge is 2.24. The van der Waals surface area contributed by atoms with Crippen LogP contribution in [0.1, 0.15) is 24.1 Å². The summed E-state index contributed by atoms with van der Waals surface area (Å²) in [6.07, 6.45) is 0.981. The first-order valence-corrected chi connectivity index (χ1v) is 5.81. The Bertz CT molecular complexity index is 471. The Hall–Kier alpha value is -1.79. The van der Waals surface area contributed by atoms with E-state index in [9.17, 15) is 4.79 Å². The number of nitrogens with one attached hydrogen (secondary N) is 2.